The lowest BCUT2D eigenvalue weighted by molar-refractivity contribution is -0.136. The van der Waals surface area contributed by atoms with Crippen molar-refractivity contribution in [3.8, 4) is 0 Å². The maximum atomic E-state index is 11.3. The van der Waals surface area contributed by atoms with E-state index in [0.717, 1.165) is 24.8 Å². The number of carbonyl (C=O) groups is 2. The average molecular weight is 164 g/mol. The van der Waals surface area contributed by atoms with E-state index in [9.17, 15) is 9.59 Å². The van der Waals surface area contributed by atoms with Gasteiger partial charge in [-0.2, -0.15) is 0 Å². The molecule has 0 spiro atoms. The van der Waals surface area contributed by atoms with E-state index in [-0.39, 0.29) is 11.6 Å². The number of ketones is 2. The molecule has 2 aliphatic carbocycles. The van der Waals surface area contributed by atoms with E-state index in [1.807, 2.05) is 6.08 Å². The zero-order valence-electron chi connectivity index (χ0n) is 7.01. The summed E-state index contributed by atoms with van der Waals surface area (Å²) >= 11 is 0. The summed E-state index contributed by atoms with van der Waals surface area (Å²) in [6, 6.07) is 0. The Labute approximate surface area is 71.6 Å². The van der Waals surface area contributed by atoms with Crippen molar-refractivity contribution in [2.45, 2.75) is 32.1 Å². The molecule has 0 saturated heterocycles. The van der Waals surface area contributed by atoms with Gasteiger partial charge in [-0.25, -0.2) is 0 Å². The molecule has 2 rings (SSSR count). The normalized spacial score (nSPS) is 29.7. The molecular weight excluding hydrogens is 152 g/mol. The summed E-state index contributed by atoms with van der Waals surface area (Å²) in [5.74, 6) is 0.0225. The van der Waals surface area contributed by atoms with Crippen molar-refractivity contribution >= 4 is 11.6 Å². The SMILES string of the molecule is O=C1CCC2CCCC=C2C1=O. The van der Waals surface area contributed by atoms with E-state index in [4.69, 9.17) is 0 Å². The van der Waals surface area contributed by atoms with Crippen molar-refractivity contribution in [1.82, 2.24) is 0 Å². The van der Waals surface area contributed by atoms with Gasteiger partial charge in [-0.15, -0.1) is 0 Å². The van der Waals surface area contributed by atoms with Gasteiger partial charge in [0.15, 0.2) is 0 Å². The average Bonchev–Trinajstić information content (AvgIpc) is 2.12. The van der Waals surface area contributed by atoms with Crippen LogP contribution in [0.2, 0.25) is 0 Å². The highest BCUT2D eigenvalue weighted by Gasteiger charge is 2.32. The first kappa shape index (κ1) is 7.71. The Morgan fingerprint density at radius 1 is 1.25 bits per heavy atom. The van der Waals surface area contributed by atoms with Crippen LogP contribution in [0.15, 0.2) is 11.6 Å². The Kier molecular flexibility index (Phi) is 1.83. The van der Waals surface area contributed by atoms with Gasteiger partial charge in [-0.05, 0) is 31.6 Å². The largest absolute Gasteiger partial charge is 0.291 e. The van der Waals surface area contributed by atoms with Crippen LogP contribution in [-0.2, 0) is 9.59 Å². The summed E-state index contributed by atoms with van der Waals surface area (Å²) < 4.78 is 0. The molecule has 0 radical (unpaired) electrons. The van der Waals surface area contributed by atoms with Crippen LogP contribution >= 0.6 is 0 Å². The molecule has 1 saturated carbocycles. The van der Waals surface area contributed by atoms with Crippen LogP contribution in [0, 0.1) is 5.92 Å². The van der Waals surface area contributed by atoms with Crippen LogP contribution < -0.4 is 0 Å². The van der Waals surface area contributed by atoms with Crippen LogP contribution in [0.1, 0.15) is 32.1 Å². The third-order valence-electron chi connectivity index (χ3n) is 2.80. The van der Waals surface area contributed by atoms with E-state index in [1.165, 1.54) is 6.42 Å². The minimum Gasteiger partial charge on any atom is -0.291 e. The van der Waals surface area contributed by atoms with Crippen LogP contribution in [0.3, 0.4) is 0 Å². The first-order valence-corrected chi connectivity index (χ1v) is 4.56. The number of allylic oxidation sites excluding steroid dienone is 2. The Bertz CT molecular complexity index is 263. The molecule has 1 fully saturated rings. The third kappa shape index (κ3) is 1.11. The van der Waals surface area contributed by atoms with Crippen molar-refractivity contribution in [1.29, 1.82) is 0 Å². The van der Waals surface area contributed by atoms with Crippen molar-refractivity contribution in [3.63, 3.8) is 0 Å². The first-order valence-electron chi connectivity index (χ1n) is 4.56. The van der Waals surface area contributed by atoms with Crippen LogP contribution in [0.5, 0.6) is 0 Å². The summed E-state index contributed by atoms with van der Waals surface area (Å²) in [5, 5.41) is 0. The summed E-state index contributed by atoms with van der Waals surface area (Å²) in [7, 11) is 0. The van der Waals surface area contributed by atoms with Crippen LogP contribution in [-0.4, -0.2) is 11.6 Å². The smallest absolute Gasteiger partial charge is 0.224 e. The third-order valence-corrected chi connectivity index (χ3v) is 2.80. The maximum Gasteiger partial charge on any atom is 0.224 e. The number of Topliss-reactive ketones (excluding diaryl/α,β-unsaturated/α-hetero) is 2. The topological polar surface area (TPSA) is 34.1 Å². The number of fused-ring (bicyclic) bond motifs is 1. The lowest BCUT2D eigenvalue weighted by atomic mass is 9.76. The van der Waals surface area contributed by atoms with Gasteiger partial charge >= 0.3 is 0 Å². The second-order valence-corrected chi connectivity index (χ2v) is 3.58. The van der Waals surface area contributed by atoms with Gasteiger partial charge in [0.05, 0.1) is 0 Å². The fourth-order valence-corrected chi connectivity index (χ4v) is 2.10. The Morgan fingerprint density at radius 2 is 2.08 bits per heavy atom. The lowest BCUT2D eigenvalue weighted by Gasteiger charge is -2.26. The molecule has 1 unspecified atom stereocenters. The van der Waals surface area contributed by atoms with Crippen molar-refractivity contribution in [2.75, 3.05) is 0 Å². The first-order chi connectivity index (χ1) is 5.79. The Morgan fingerprint density at radius 3 is 2.92 bits per heavy atom. The predicted molar refractivity (Wildman–Crippen MR) is 44.7 cm³/mol. The summed E-state index contributed by atoms with van der Waals surface area (Å²) in [4.78, 5) is 22.4. The van der Waals surface area contributed by atoms with Crippen molar-refractivity contribution in [3.05, 3.63) is 11.6 Å². The zero-order chi connectivity index (χ0) is 8.55. The number of carbonyl (C=O) groups excluding carboxylic acids is 2. The molecule has 0 heterocycles. The minimum absolute atomic E-state index is 0.181. The van der Waals surface area contributed by atoms with E-state index < -0.39 is 0 Å². The van der Waals surface area contributed by atoms with Gasteiger partial charge in [-0.1, -0.05) is 6.08 Å². The number of hydrogen-bond acceptors (Lipinski definition) is 2. The van der Waals surface area contributed by atoms with Gasteiger partial charge in [0.2, 0.25) is 11.6 Å². The number of hydrogen-bond donors (Lipinski definition) is 0. The highest BCUT2D eigenvalue weighted by molar-refractivity contribution is 6.44. The molecule has 0 N–H and O–H groups in total. The summed E-state index contributed by atoms with van der Waals surface area (Å²) in [6.07, 6.45) is 6.59. The van der Waals surface area contributed by atoms with Gasteiger partial charge in [0.1, 0.15) is 0 Å². The van der Waals surface area contributed by atoms with Crippen molar-refractivity contribution in [2.24, 2.45) is 5.92 Å². The second-order valence-electron chi connectivity index (χ2n) is 3.58. The maximum absolute atomic E-state index is 11.3. The van der Waals surface area contributed by atoms with E-state index >= 15 is 0 Å². The molecule has 2 heteroatoms. The molecule has 0 aromatic heterocycles. The van der Waals surface area contributed by atoms with Gasteiger partial charge in [0, 0.05) is 12.0 Å². The molecule has 0 aromatic carbocycles. The molecule has 12 heavy (non-hydrogen) atoms. The molecule has 2 nitrogen and oxygen atoms in total. The highest BCUT2D eigenvalue weighted by atomic mass is 16.2. The van der Waals surface area contributed by atoms with Crippen molar-refractivity contribution < 1.29 is 9.59 Å². The van der Waals surface area contributed by atoms with Crippen LogP contribution in [0.4, 0.5) is 0 Å². The fraction of sp³-hybridized carbons (Fsp3) is 0.600. The van der Waals surface area contributed by atoms with E-state index in [0.29, 0.717) is 12.3 Å². The lowest BCUT2D eigenvalue weighted by Crippen LogP contribution is -2.29. The minimum atomic E-state index is -0.203. The van der Waals surface area contributed by atoms with Gasteiger partial charge in [-0.3, -0.25) is 9.59 Å². The van der Waals surface area contributed by atoms with E-state index in [2.05, 4.69) is 0 Å². The molecule has 64 valence electrons. The van der Waals surface area contributed by atoms with Gasteiger partial charge in [0.25, 0.3) is 0 Å². The Hall–Kier alpha value is -0.920. The van der Waals surface area contributed by atoms with Crippen LogP contribution in [0.25, 0.3) is 0 Å². The van der Waals surface area contributed by atoms with Gasteiger partial charge < -0.3 is 0 Å². The molecular formula is C10H12O2. The molecule has 0 bridgehead atoms. The molecule has 0 aromatic rings. The monoisotopic (exact) mass is 164 g/mol. The zero-order valence-corrected chi connectivity index (χ0v) is 7.01. The summed E-state index contributed by atoms with van der Waals surface area (Å²) in [5.41, 5.74) is 0.817. The quantitative estimate of drug-likeness (QED) is 0.510. The van der Waals surface area contributed by atoms with E-state index in [1.54, 1.807) is 0 Å². The molecule has 0 aliphatic heterocycles. The Balaban J connectivity index is 2.28. The standard InChI is InChI=1S/C10H12O2/c11-9-6-5-7-3-1-2-4-8(7)10(9)12/h4,7H,1-3,5-6H2. The molecule has 1 atom stereocenters. The predicted octanol–water partition coefficient (Wildman–Crippen LogP) is 1.64. The molecule has 2 aliphatic rings. The second kappa shape index (κ2) is 2.85. The highest BCUT2D eigenvalue weighted by Crippen LogP contribution is 2.33. The molecule has 0 amide bonds. The number of rotatable bonds is 0. The summed E-state index contributed by atoms with van der Waals surface area (Å²) in [6.45, 7) is 0. The fourth-order valence-electron chi connectivity index (χ4n) is 2.10.